The number of nitriles is 1. The van der Waals surface area contributed by atoms with Gasteiger partial charge >= 0.3 is 0 Å². The zero-order chi connectivity index (χ0) is 19.5. The largest absolute Gasteiger partial charge is 0.506 e. The molecule has 2 heterocycles. The van der Waals surface area contributed by atoms with Crippen molar-refractivity contribution in [3.8, 4) is 17.6 Å². The highest BCUT2D eigenvalue weighted by atomic mass is 16.5. The average Bonchev–Trinajstić information content (AvgIpc) is 2.74. The minimum Gasteiger partial charge on any atom is -0.506 e. The number of ether oxygens (including phenoxy) is 1. The lowest BCUT2D eigenvalue weighted by atomic mass is 10.1. The summed E-state index contributed by atoms with van der Waals surface area (Å²) in [5.41, 5.74) is 1.27. The smallest absolute Gasteiger partial charge is 0.272 e. The molecule has 0 atom stereocenters. The molecule has 0 aliphatic carbocycles. The van der Waals surface area contributed by atoms with Gasteiger partial charge in [0.2, 0.25) is 0 Å². The van der Waals surface area contributed by atoms with E-state index >= 15 is 0 Å². The number of hydrogen-bond donors (Lipinski definition) is 1. The van der Waals surface area contributed by atoms with E-state index in [2.05, 4.69) is 11.1 Å². The molecule has 1 aliphatic heterocycles. The molecule has 6 heteroatoms. The molecule has 6 nitrogen and oxygen atoms in total. The Morgan fingerprint density at radius 3 is 2.68 bits per heavy atom. The summed E-state index contributed by atoms with van der Waals surface area (Å²) in [7, 11) is 0. The third-order valence-electron chi connectivity index (χ3n) is 4.95. The highest BCUT2D eigenvalue weighted by molar-refractivity contribution is 5.96. The Labute approximate surface area is 162 Å². The molecule has 28 heavy (non-hydrogen) atoms. The number of para-hydroxylation sites is 2. The van der Waals surface area contributed by atoms with E-state index in [9.17, 15) is 15.2 Å². The van der Waals surface area contributed by atoms with E-state index in [1.54, 1.807) is 47.4 Å². The molecule has 1 amide bonds. The molecule has 140 valence electrons. The Kier molecular flexibility index (Phi) is 4.81. The van der Waals surface area contributed by atoms with E-state index in [0.29, 0.717) is 48.5 Å². The number of pyridine rings is 1. The first-order chi connectivity index (χ1) is 13.7. The van der Waals surface area contributed by atoms with Crippen LogP contribution in [-0.4, -0.2) is 40.1 Å². The molecule has 0 spiro atoms. The number of carbonyl (C=O) groups excluding carboxylic acids is 1. The number of aromatic nitrogens is 1. The van der Waals surface area contributed by atoms with Crippen LogP contribution in [0.25, 0.3) is 10.9 Å². The zero-order valence-corrected chi connectivity index (χ0v) is 15.2. The predicted molar refractivity (Wildman–Crippen MR) is 104 cm³/mol. The van der Waals surface area contributed by atoms with E-state index in [4.69, 9.17) is 4.74 Å². The SMILES string of the molecule is N#Cc1ccccc1OC1CCN(C(=O)c2ccc3cccc(O)c3n2)CC1. The monoisotopic (exact) mass is 373 g/mol. The molecule has 1 N–H and O–H groups in total. The number of benzene rings is 2. The third kappa shape index (κ3) is 3.47. The number of carbonyl (C=O) groups is 1. The molecule has 1 aromatic heterocycles. The van der Waals surface area contributed by atoms with Gasteiger partial charge in [0, 0.05) is 31.3 Å². The predicted octanol–water partition coefficient (Wildman–Crippen LogP) is 3.50. The van der Waals surface area contributed by atoms with Gasteiger partial charge in [0.25, 0.3) is 5.91 Å². The van der Waals surface area contributed by atoms with Gasteiger partial charge in [-0.1, -0.05) is 30.3 Å². The van der Waals surface area contributed by atoms with Gasteiger partial charge in [-0.3, -0.25) is 4.79 Å². The summed E-state index contributed by atoms with van der Waals surface area (Å²) in [6.45, 7) is 1.11. The maximum absolute atomic E-state index is 12.8. The number of rotatable bonds is 3. The second kappa shape index (κ2) is 7.57. The van der Waals surface area contributed by atoms with Crippen molar-refractivity contribution in [2.75, 3.05) is 13.1 Å². The fourth-order valence-corrected chi connectivity index (χ4v) is 3.43. The fourth-order valence-electron chi connectivity index (χ4n) is 3.43. The van der Waals surface area contributed by atoms with Gasteiger partial charge in [-0.15, -0.1) is 0 Å². The number of phenols is 1. The lowest BCUT2D eigenvalue weighted by molar-refractivity contribution is 0.0590. The standard InChI is InChI=1S/C22H19N3O3/c23-14-16-4-1-2-7-20(16)28-17-10-12-25(13-11-17)22(27)18-9-8-15-5-3-6-19(26)21(15)24-18/h1-9,17,26H,10-13H2. The van der Waals surface area contributed by atoms with Crippen LogP contribution < -0.4 is 4.74 Å². The molecule has 1 fully saturated rings. The second-order valence-electron chi connectivity index (χ2n) is 6.76. The van der Waals surface area contributed by atoms with Gasteiger partial charge in [0.1, 0.15) is 34.9 Å². The first kappa shape index (κ1) is 17.8. The van der Waals surface area contributed by atoms with E-state index in [1.165, 1.54) is 0 Å². The van der Waals surface area contributed by atoms with Crippen LogP contribution in [0.5, 0.6) is 11.5 Å². The summed E-state index contributed by atoms with van der Waals surface area (Å²) in [5.74, 6) is 0.498. The van der Waals surface area contributed by atoms with E-state index in [0.717, 1.165) is 5.39 Å². The summed E-state index contributed by atoms with van der Waals surface area (Å²) < 4.78 is 5.98. The topological polar surface area (TPSA) is 86.5 Å². The molecule has 1 aliphatic rings. The summed E-state index contributed by atoms with van der Waals surface area (Å²) in [6, 6.07) is 17.9. The lowest BCUT2D eigenvalue weighted by Gasteiger charge is -2.32. The minimum absolute atomic E-state index is 0.0350. The Bertz CT molecular complexity index is 1070. The van der Waals surface area contributed by atoms with Crippen molar-refractivity contribution in [3.63, 3.8) is 0 Å². The molecule has 4 rings (SSSR count). The highest BCUT2D eigenvalue weighted by Gasteiger charge is 2.26. The first-order valence-corrected chi connectivity index (χ1v) is 9.19. The Balaban J connectivity index is 1.43. The molecule has 0 saturated carbocycles. The molecular weight excluding hydrogens is 354 g/mol. The van der Waals surface area contributed by atoms with E-state index in [1.807, 2.05) is 12.1 Å². The van der Waals surface area contributed by atoms with Crippen molar-refractivity contribution in [3.05, 3.63) is 65.9 Å². The molecule has 0 bridgehead atoms. The van der Waals surface area contributed by atoms with Crippen LogP contribution in [0.15, 0.2) is 54.6 Å². The summed E-state index contributed by atoms with van der Waals surface area (Å²) in [4.78, 5) is 18.9. The van der Waals surface area contributed by atoms with Crippen LogP contribution in [0.4, 0.5) is 0 Å². The summed E-state index contributed by atoms with van der Waals surface area (Å²) >= 11 is 0. The van der Waals surface area contributed by atoms with Crippen LogP contribution in [0.2, 0.25) is 0 Å². The maximum Gasteiger partial charge on any atom is 0.272 e. The van der Waals surface area contributed by atoms with Crippen molar-refractivity contribution >= 4 is 16.8 Å². The van der Waals surface area contributed by atoms with Crippen LogP contribution >= 0.6 is 0 Å². The number of nitrogens with zero attached hydrogens (tertiary/aromatic N) is 3. The number of piperidine rings is 1. The van der Waals surface area contributed by atoms with Crippen molar-refractivity contribution < 1.29 is 14.6 Å². The second-order valence-corrected chi connectivity index (χ2v) is 6.76. The van der Waals surface area contributed by atoms with Gasteiger partial charge in [-0.2, -0.15) is 5.26 Å². The van der Waals surface area contributed by atoms with Crippen LogP contribution in [0.1, 0.15) is 28.9 Å². The zero-order valence-electron chi connectivity index (χ0n) is 15.2. The van der Waals surface area contributed by atoms with Gasteiger partial charge in [0.15, 0.2) is 0 Å². The molecule has 0 unspecified atom stereocenters. The van der Waals surface area contributed by atoms with Crippen molar-refractivity contribution in [1.29, 1.82) is 5.26 Å². The summed E-state index contributed by atoms with van der Waals surface area (Å²) in [5, 5.41) is 19.9. The summed E-state index contributed by atoms with van der Waals surface area (Å²) in [6.07, 6.45) is 1.33. The Hall–Kier alpha value is -3.59. The number of hydrogen-bond acceptors (Lipinski definition) is 5. The number of likely N-dealkylation sites (tertiary alicyclic amines) is 1. The molecule has 0 radical (unpaired) electrons. The molecule has 2 aromatic carbocycles. The minimum atomic E-state index is -0.152. The fraction of sp³-hybridized carbons (Fsp3) is 0.227. The highest BCUT2D eigenvalue weighted by Crippen LogP contribution is 2.25. The number of fused-ring (bicyclic) bond motifs is 1. The van der Waals surface area contributed by atoms with Gasteiger partial charge in [-0.05, 0) is 24.3 Å². The van der Waals surface area contributed by atoms with Gasteiger partial charge < -0.3 is 14.7 Å². The normalized spacial score (nSPS) is 14.6. The van der Waals surface area contributed by atoms with Crippen molar-refractivity contribution in [2.45, 2.75) is 18.9 Å². The van der Waals surface area contributed by atoms with Crippen LogP contribution in [0, 0.1) is 11.3 Å². The molecule has 3 aromatic rings. The molecular formula is C22H19N3O3. The number of phenolic OH excluding ortho intramolecular Hbond substituents is 1. The van der Waals surface area contributed by atoms with Gasteiger partial charge in [0.05, 0.1) is 5.56 Å². The van der Waals surface area contributed by atoms with Crippen molar-refractivity contribution in [2.24, 2.45) is 0 Å². The molecule has 1 saturated heterocycles. The average molecular weight is 373 g/mol. The lowest BCUT2D eigenvalue weighted by Crippen LogP contribution is -2.42. The quantitative estimate of drug-likeness (QED) is 0.759. The van der Waals surface area contributed by atoms with Crippen LogP contribution in [0.3, 0.4) is 0 Å². The van der Waals surface area contributed by atoms with Gasteiger partial charge in [-0.25, -0.2) is 4.98 Å². The van der Waals surface area contributed by atoms with Crippen molar-refractivity contribution in [1.82, 2.24) is 9.88 Å². The van der Waals surface area contributed by atoms with Crippen LogP contribution in [-0.2, 0) is 0 Å². The first-order valence-electron chi connectivity index (χ1n) is 9.19. The van der Waals surface area contributed by atoms with E-state index < -0.39 is 0 Å². The Morgan fingerprint density at radius 2 is 1.89 bits per heavy atom. The maximum atomic E-state index is 12.8. The van der Waals surface area contributed by atoms with E-state index in [-0.39, 0.29) is 17.8 Å². The Morgan fingerprint density at radius 1 is 1.11 bits per heavy atom. The number of amides is 1. The third-order valence-corrected chi connectivity index (χ3v) is 4.95. The number of aromatic hydroxyl groups is 1.